The number of halogens is 2. The van der Waals surface area contributed by atoms with Crippen LogP contribution in [0.15, 0.2) is 53.0 Å². The van der Waals surface area contributed by atoms with Crippen molar-refractivity contribution in [3.05, 3.63) is 69.9 Å². The van der Waals surface area contributed by atoms with Crippen LogP contribution < -0.4 is 5.32 Å². The second-order valence-corrected chi connectivity index (χ2v) is 5.71. The van der Waals surface area contributed by atoms with Gasteiger partial charge in [0.15, 0.2) is 0 Å². The first kappa shape index (κ1) is 17.1. The highest BCUT2D eigenvalue weighted by Gasteiger charge is 2.23. The van der Waals surface area contributed by atoms with Crippen LogP contribution >= 0.6 is 15.9 Å². The molecule has 2 aromatic rings. The number of nitrogens with one attached hydrogen (secondary N) is 1. The van der Waals surface area contributed by atoms with E-state index in [0.29, 0.717) is 0 Å². The predicted molar refractivity (Wildman–Crippen MR) is 87.5 cm³/mol. The van der Waals surface area contributed by atoms with Crippen molar-refractivity contribution in [2.45, 2.75) is 12.5 Å². The number of esters is 1. The number of hydrogen-bond donors (Lipinski definition) is 1. The summed E-state index contributed by atoms with van der Waals surface area (Å²) in [5.41, 5.74) is 1.13. The van der Waals surface area contributed by atoms with E-state index >= 15 is 0 Å². The van der Waals surface area contributed by atoms with Crippen LogP contribution in [0.2, 0.25) is 0 Å². The number of ether oxygens (including phenoxy) is 1. The quantitative estimate of drug-likeness (QED) is 0.812. The molecule has 0 saturated carbocycles. The average molecular weight is 380 g/mol. The zero-order valence-electron chi connectivity index (χ0n) is 12.4. The monoisotopic (exact) mass is 379 g/mol. The van der Waals surface area contributed by atoms with Crippen molar-refractivity contribution < 1.29 is 18.7 Å². The Balaban J connectivity index is 2.16. The van der Waals surface area contributed by atoms with Gasteiger partial charge in [0.05, 0.1) is 7.11 Å². The molecule has 1 N–H and O–H groups in total. The Kier molecular flexibility index (Phi) is 5.87. The smallest absolute Gasteiger partial charge is 0.328 e. The molecular formula is C17H15BrFNO3. The lowest BCUT2D eigenvalue weighted by molar-refractivity contribution is -0.142. The van der Waals surface area contributed by atoms with Gasteiger partial charge in [0.1, 0.15) is 11.9 Å². The first-order valence-electron chi connectivity index (χ1n) is 6.89. The van der Waals surface area contributed by atoms with E-state index in [0.717, 1.165) is 10.0 Å². The van der Waals surface area contributed by atoms with Crippen LogP contribution in [0, 0.1) is 5.82 Å². The molecular weight excluding hydrogens is 365 g/mol. The molecule has 120 valence electrons. The standard InChI is InChI=1S/C17H15BrFNO3/c1-23-17(22)15(10-12-4-2-3-5-14(12)18)20-16(21)11-6-8-13(19)9-7-11/h2-9,15H,10H2,1H3,(H,20,21)/t15-/m1/s1. The van der Waals surface area contributed by atoms with Gasteiger partial charge in [0.2, 0.25) is 0 Å². The first-order chi connectivity index (χ1) is 11.0. The Hall–Kier alpha value is -2.21. The number of hydrogen-bond acceptors (Lipinski definition) is 3. The molecule has 2 rings (SSSR count). The van der Waals surface area contributed by atoms with E-state index in [2.05, 4.69) is 21.2 Å². The minimum Gasteiger partial charge on any atom is -0.467 e. The number of carbonyl (C=O) groups is 2. The van der Waals surface area contributed by atoms with Gasteiger partial charge in [-0.1, -0.05) is 34.1 Å². The fourth-order valence-electron chi connectivity index (χ4n) is 2.06. The lowest BCUT2D eigenvalue weighted by Gasteiger charge is -2.17. The molecule has 0 heterocycles. The lowest BCUT2D eigenvalue weighted by Crippen LogP contribution is -2.43. The zero-order valence-corrected chi connectivity index (χ0v) is 14.0. The molecule has 0 aliphatic rings. The lowest BCUT2D eigenvalue weighted by atomic mass is 10.1. The Morgan fingerprint density at radius 3 is 2.43 bits per heavy atom. The summed E-state index contributed by atoms with van der Waals surface area (Å²) in [6, 6.07) is 11.7. The van der Waals surface area contributed by atoms with Crippen molar-refractivity contribution in [3.63, 3.8) is 0 Å². The molecule has 0 bridgehead atoms. The molecule has 0 aliphatic heterocycles. The number of carbonyl (C=O) groups excluding carboxylic acids is 2. The summed E-state index contributed by atoms with van der Waals surface area (Å²) >= 11 is 3.41. The predicted octanol–water partition coefficient (Wildman–Crippen LogP) is 3.10. The third kappa shape index (κ3) is 4.63. The van der Waals surface area contributed by atoms with E-state index in [1.165, 1.54) is 31.4 Å². The normalized spacial score (nSPS) is 11.6. The highest BCUT2D eigenvalue weighted by atomic mass is 79.9. The Bertz CT molecular complexity index is 703. The third-order valence-electron chi connectivity index (χ3n) is 3.28. The van der Waals surface area contributed by atoms with Crippen LogP contribution in [0.25, 0.3) is 0 Å². The second-order valence-electron chi connectivity index (χ2n) is 4.85. The minimum atomic E-state index is -0.837. The molecule has 23 heavy (non-hydrogen) atoms. The van der Waals surface area contributed by atoms with Gasteiger partial charge in [-0.3, -0.25) is 4.79 Å². The van der Waals surface area contributed by atoms with E-state index in [1.54, 1.807) is 0 Å². The molecule has 0 radical (unpaired) electrons. The molecule has 1 atom stereocenters. The first-order valence-corrected chi connectivity index (χ1v) is 7.68. The molecule has 4 nitrogen and oxygen atoms in total. The fraction of sp³-hybridized carbons (Fsp3) is 0.176. The second kappa shape index (κ2) is 7.87. The third-order valence-corrected chi connectivity index (χ3v) is 4.05. The van der Waals surface area contributed by atoms with Gasteiger partial charge >= 0.3 is 5.97 Å². The van der Waals surface area contributed by atoms with E-state index in [9.17, 15) is 14.0 Å². The maximum atomic E-state index is 12.9. The van der Waals surface area contributed by atoms with E-state index in [-0.39, 0.29) is 12.0 Å². The summed E-state index contributed by atoms with van der Waals surface area (Å²) in [6.45, 7) is 0. The zero-order chi connectivity index (χ0) is 16.8. The number of rotatable bonds is 5. The summed E-state index contributed by atoms with van der Waals surface area (Å²) in [4.78, 5) is 24.1. The van der Waals surface area contributed by atoms with Gasteiger partial charge in [-0.15, -0.1) is 0 Å². The maximum Gasteiger partial charge on any atom is 0.328 e. The van der Waals surface area contributed by atoms with Gasteiger partial charge in [-0.25, -0.2) is 9.18 Å². The summed E-state index contributed by atoms with van der Waals surface area (Å²) in [5.74, 6) is -1.44. The van der Waals surface area contributed by atoms with Crippen molar-refractivity contribution in [2.75, 3.05) is 7.11 Å². The maximum absolute atomic E-state index is 12.9. The van der Waals surface area contributed by atoms with Crippen molar-refractivity contribution in [2.24, 2.45) is 0 Å². The van der Waals surface area contributed by atoms with Gasteiger partial charge in [0, 0.05) is 16.5 Å². The van der Waals surface area contributed by atoms with Crippen molar-refractivity contribution in [1.82, 2.24) is 5.32 Å². The van der Waals surface area contributed by atoms with E-state index in [4.69, 9.17) is 4.74 Å². The summed E-state index contributed by atoms with van der Waals surface area (Å²) in [7, 11) is 1.26. The van der Waals surface area contributed by atoms with Crippen LogP contribution in [-0.2, 0) is 16.0 Å². The Morgan fingerprint density at radius 1 is 1.17 bits per heavy atom. The highest BCUT2D eigenvalue weighted by molar-refractivity contribution is 9.10. The Morgan fingerprint density at radius 2 is 1.83 bits per heavy atom. The number of amides is 1. The van der Waals surface area contributed by atoms with Gasteiger partial charge in [-0.2, -0.15) is 0 Å². The van der Waals surface area contributed by atoms with E-state index in [1.807, 2.05) is 24.3 Å². The SMILES string of the molecule is COC(=O)[C@@H](Cc1ccccc1Br)NC(=O)c1ccc(F)cc1. The van der Waals surface area contributed by atoms with Crippen LogP contribution in [0.4, 0.5) is 4.39 Å². The molecule has 0 spiro atoms. The molecule has 6 heteroatoms. The van der Waals surface area contributed by atoms with Gasteiger partial charge in [-0.05, 0) is 35.9 Å². The van der Waals surface area contributed by atoms with Crippen molar-refractivity contribution in [3.8, 4) is 0 Å². The van der Waals surface area contributed by atoms with Crippen LogP contribution in [0.3, 0.4) is 0 Å². The van der Waals surface area contributed by atoms with Crippen LogP contribution in [0.5, 0.6) is 0 Å². The van der Waals surface area contributed by atoms with E-state index < -0.39 is 23.7 Å². The highest BCUT2D eigenvalue weighted by Crippen LogP contribution is 2.18. The van der Waals surface area contributed by atoms with Gasteiger partial charge in [0.25, 0.3) is 5.91 Å². The molecule has 0 saturated heterocycles. The topological polar surface area (TPSA) is 55.4 Å². The fourth-order valence-corrected chi connectivity index (χ4v) is 2.51. The summed E-state index contributed by atoms with van der Waals surface area (Å²) < 4.78 is 18.5. The van der Waals surface area contributed by atoms with Crippen LogP contribution in [-0.4, -0.2) is 25.0 Å². The number of benzene rings is 2. The number of methoxy groups -OCH3 is 1. The molecule has 2 aromatic carbocycles. The largest absolute Gasteiger partial charge is 0.467 e. The Labute approximate surface area is 141 Å². The minimum absolute atomic E-state index is 0.271. The van der Waals surface area contributed by atoms with Gasteiger partial charge < -0.3 is 10.1 Å². The summed E-state index contributed by atoms with van der Waals surface area (Å²) in [6.07, 6.45) is 0.279. The van der Waals surface area contributed by atoms with Crippen LogP contribution in [0.1, 0.15) is 15.9 Å². The molecule has 0 unspecified atom stereocenters. The van der Waals surface area contributed by atoms with Crippen molar-refractivity contribution >= 4 is 27.8 Å². The summed E-state index contributed by atoms with van der Waals surface area (Å²) in [5, 5.41) is 2.62. The molecule has 1 amide bonds. The molecule has 0 fully saturated rings. The molecule has 0 aromatic heterocycles. The molecule has 0 aliphatic carbocycles. The average Bonchev–Trinajstić information content (AvgIpc) is 2.56. The van der Waals surface area contributed by atoms with Crippen molar-refractivity contribution in [1.29, 1.82) is 0 Å².